The molecule has 1 aliphatic heterocycles. The van der Waals surface area contributed by atoms with Crippen LogP contribution in [0.1, 0.15) is 30.0 Å². The molecule has 0 saturated carbocycles. The molecule has 1 fully saturated rings. The zero-order chi connectivity index (χ0) is 11.5. The summed E-state index contributed by atoms with van der Waals surface area (Å²) in [7, 11) is 0. The van der Waals surface area contributed by atoms with Crippen molar-refractivity contribution in [1.29, 1.82) is 0 Å². The molecule has 1 saturated heterocycles. The maximum Gasteiger partial charge on any atom is 0.122 e. The van der Waals surface area contributed by atoms with Gasteiger partial charge in [0.25, 0.3) is 0 Å². The summed E-state index contributed by atoms with van der Waals surface area (Å²) in [5.74, 6) is 1.02. The van der Waals surface area contributed by atoms with Gasteiger partial charge in [0.15, 0.2) is 0 Å². The Morgan fingerprint density at radius 2 is 2.06 bits per heavy atom. The standard InChI is InChI=1S/C14H20O2/c1-4-15-14-8-6-12(10(2)11(14)3)5-7-13-9-16-13/h6,8,13H,4-5,7,9H2,1-3H3. The van der Waals surface area contributed by atoms with Gasteiger partial charge < -0.3 is 9.47 Å². The molecule has 1 aromatic rings. The van der Waals surface area contributed by atoms with E-state index < -0.39 is 0 Å². The summed E-state index contributed by atoms with van der Waals surface area (Å²) >= 11 is 0. The minimum atomic E-state index is 0.520. The van der Waals surface area contributed by atoms with Gasteiger partial charge in [0.05, 0.1) is 19.3 Å². The van der Waals surface area contributed by atoms with Gasteiger partial charge in [0.2, 0.25) is 0 Å². The summed E-state index contributed by atoms with van der Waals surface area (Å²) in [5, 5.41) is 0. The first-order valence-corrected chi connectivity index (χ1v) is 6.06. The summed E-state index contributed by atoms with van der Waals surface area (Å²) in [5.41, 5.74) is 4.07. The first kappa shape index (κ1) is 11.5. The first-order valence-electron chi connectivity index (χ1n) is 6.06. The Hall–Kier alpha value is -1.02. The smallest absolute Gasteiger partial charge is 0.122 e. The number of epoxide rings is 1. The molecule has 0 bridgehead atoms. The zero-order valence-electron chi connectivity index (χ0n) is 10.4. The summed E-state index contributed by atoms with van der Waals surface area (Å²) in [6.07, 6.45) is 2.78. The number of rotatable bonds is 5. The molecule has 0 amide bonds. The number of hydrogen-bond donors (Lipinski definition) is 0. The second-order valence-electron chi connectivity index (χ2n) is 4.40. The lowest BCUT2D eigenvalue weighted by atomic mass is 9.98. The maximum atomic E-state index is 5.59. The van der Waals surface area contributed by atoms with Crippen molar-refractivity contribution in [3.8, 4) is 5.75 Å². The molecular formula is C14H20O2. The van der Waals surface area contributed by atoms with Gasteiger partial charge in [0.1, 0.15) is 5.75 Å². The van der Waals surface area contributed by atoms with E-state index >= 15 is 0 Å². The summed E-state index contributed by atoms with van der Waals surface area (Å²) in [4.78, 5) is 0. The lowest BCUT2D eigenvalue weighted by Crippen LogP contribution is -2.00. The highest BCUT2D eigenvalue weighted by Crippen LogP contribution is 2.26. The monoisotopic (exact) mass is 220 g/mol. The Balaban J connectivity index is 2.09. The largest absolute Gasteiger partial charge is 0.494 e. The third-order valence-corrected chi connectivity index (χ3v) is 3.29. The van der Waals surface area contributed by atoms with Crippen LogP contribution in [0.3, 0.4) is 0 Å². The average Bonchev–Trinajstić information content (AvgIpc) is 3.08. The highest BCUT2D eigenvalue weighted by Gasteiger charge is 2.22. The molecule has 1 unspecified atom stereocenters. The number of ether oxygens (including phenoxy) is 2. The van der Waals surface area contributed by atoms with Crippen LogP contribution in [-0.4, -0.2) is 19.3 Å². The van der Waals surface area contributed by atoms with Crippen LogP contribution in [0, 0.1) is 13.8 Å². The van der Waals surface area contributed by atoms with Crippen LogP contribution in [-0.2, 0) is 11.2 Å². The van der Waals surface area contributed by atoms with E-state index in [1.54, 1.807) is 0 Å². The van der Waals surface area contributed by atoms with Crippen molar-refractivity contribution in [3.63, 3.8) is 0 Å². The fourth-order valence-corrected chi connectivity index (χ4v) is 1.99. The molecule has 2 rings (SSSR count). The minimum Gasteiger partial charge on any atom is -0.494 e. The van der Waals surface area contributed by atoms with Crippen molar-refractivity contribution in [2.24, 2.45) is 0 Å². The van der Waals surface area contributed by atoms with Gasteiger partial charge >= 0.3 is 0 Å². The molecule has 1 aromatic carbocycles. The molecule has 0 radical (unpaired) electrons. The third kappa shape index (κ3) is 2.56. The Morgan fingerprint density at radius 3 is 2.69 bits per heavy atom. The van der Waals surface area contributed by atoms with Crippen molar-refractivity contribution in [2.45, 2.75) is 39.7 Å². The highest BCUT2D eigenvalue weighted by molar-refractivity contribution is 5.43. The van der Waals surface area contributed by atoms with Gasteiger partial charge in [-0.3, -0.25) is 0 Å². The topological polar surface area (TPSA) is 21.8 Å². The molecule has 0 aromatic heterocycles. The highest BCUT2D eigenvalue weighted by atomic mass is 16.6. The molecule has 1 aliphatic rings. The zero-order valence-corrected chi connectivity index (χ0v) is 10.4. The lowest BCUT2D eigenvalue weighted by molar-refractivity contribution is 0.337. The minimum absolute atomic E-state index is 0.520. The fourth-order valence-electron chi connectivity index (χ4n) is 1.99. The van der Waals surface area contributed by atoms with Crippen molar-refractivity contribution < 1.29 is 9.47 Å². The van der Waals surface area contributed by atoms with E-state index in [-0.39, 0.29) is 0 Å². The van der Waals surface area contributed by atoms with Gasteiger partial charge in [-0.15, -0.1) is 0 Å². The van der Waals surface area contributed by atoms with Crippen LogP contribution in [0.5, 0.6) is 5.75 Å². The molecule has 1 heterocycles. The van der Waals surface area contributed by atoms with Gasteiger partial charge in [0, 0.05) is 0 Å². The molecule has 0 spiro atoms. The molecule has 1 atom stereocenters. The van der Waals surface area contributed by atoms with Crippen molar-refractivity contribution in [1.82, 2.24) is 0 Å². The Bertz CT molecular complexity index is 367. The number of benzene rings is 1. The molecule has 0 aliphatic carbocycles. The molecule has 0 N–H and O–H groups in total. The van der Waals surface area contributed by atoms with Crippen LogP contribution in [0.4, 0.5) is 0 Å². The number of hydrogen-bond acceptors (Lipinski definition) is 2. The van der Waals surface area contributed by atoms with E-state index in [0.29, 0.717) is 6.10 Å². The van der Waals surface area contributed by atoms with Crippen molar-refractivity contribution in [2.75, 3.05) is 13.2 Å². The first-order chi connectivity index (χ1) is 7.72. The van der Waals surface area contributed by atoms with Crippen molar-refractivity contribution >= 4 is 0 Å². The summed E-state index contributed by atoms with van der Waals surface area (Å²) < 4.78 is 10.8. The second kappa shape index (κ2) is 4.88. The molecule has 88 valence electrons. The fraction of sp³-hybridized carbons (Fsp3) is 0.571. The van der Waals surface area contributed by atoms with Gasteiger partial charge in [-0.25, -0.2) is 0 Å². The summed E-state index contributed by atoms with van der Waals surface area (Å²) in [6, 6.07) is 4.28. The predicted molar refractivity (Wildman–Crippen MR) is 65.1 cm³/mol. The van der Waals surface area contributed by atoms with E-state index in [9.17, 15) is 0 Å². The van der Waals surface area contributed by atoms with Crippen LogP contribution < -0.4 is 4.74 Å². The summed E-state index contributed by atoms with van der Waals surface area (Å²) in [6.45, 7) is 8.02. The van der Waals surface area contributed by atoms with Gasteiger partial charge in [-0.2, -0.15) is 0 Å². The average molecular weight is 220 g/mol. The van der Waals surface area contributed by atoms with E-state index in [1.807, 2.05) is 6.92 Å². The van der Waals surface area contributed by atoms with Crippen LogP contribution in [0.2, 0.25) is 0 Å². The van der Waals surface area contributed by atoms with E-state index in [4.69, 9.17) is 9.47 Å². The lowest BCUT2D eigenvalue weighted by Gasteiger charge is -2.13. The second-order valence-corrected chi connectivity index (χ2v) is 4.40. The molecule has 2 nitrogen and oxygen atoms in total. The third-order valence-electron chi connectivity index (χ3n) is 3.29. The van der Waals surface area contributed by atoms with E-state index in [0.717, 1.165) is 31.8 Å². The van der Waals surface area contributed by atoms with E-state index in [2.05, 4.69) is 26.0 Å². The molecule has 16 heavy (non-hydrogen) atoms. The quantitative estimate of drug-likeness (QED) is 0.711. The van der Waals surface area contributed by atoms with Crippen molar-refractivity contribution in [3.05, 3.63) is 28.8 Å². The maximum absolute atomic E-state index is 5.59. The molecular weight excluding hydrogens is 200 g/mol. The Kier molecular flexibility index (Phi) is 3.49. The van der Waals surface area contributed by atoms with Gasteiger partial charge in [-0.1, -0.05) is 6.07 Å². The SMILES string of the molecule is CCOc1ccc(CCC2CO2)c(C)c1C. The number of aryl methyl sites for hydroxylation is 1. The predicted octanol–water partition coefficient (Wildman–Crippen LogP) is 3.03. The van der Waals surface area contributed by atoms with E-state index in [1.165, 1.54) is 16.7 Å². The normalized spacial score (nSPS) is 18.6. The van der Waals surface area contributed by atoms with Crippen LogP contribution in [0.25, 0.3) is 0 Å². The van der Waals surface area contributed by atoms with Crippen LogP contribution in [0.15, 0.2) is 12.1 Å². The Morgan fingerprint density at radius 1 is 1.31 bits per heavy atom. The Labute approximate surface area is 97.6 Å². The molecule has 2 heteroatoms. The van der Waals surface area contributed by atoms with Gasteiger partial charge in [-0.05, 0) is 56.4 Å². The van der Waals surface area contributed by atoms with Crippen LogP contribution >= 0.6 is 0 Å².